The standard InChI is InChI=1S/C25H20N4O5/c1-32-14-7-8-15(21(11-14)33-2)13-9-16-17(19(30)10-13)12-26-23-22(16)24(31)29(28-23)25-27-18-5-3-4-6-20(18)34-25/h3-8,11-13H,9-10H2,1-2H3,(H,26,28)/t13-/m1/s1. The Morgan fingerprint density at radius 3 is 2.74 bits per heavy atom. The Kier molecular flexibility index (Phi) is 4.51. The third kappa shape index (κ3) is 3.01. The normalized spacial score (nSPS) is 15.6. The van der Waals surface area contributed by atoms with Crippen LogP contribution in [0.1, 0.15) is 33.8 Å². The van der Waals surface area contributed by atoms with Crippen LogP contribution in [0.4, 0.5) is 0 Å². The summed E-state index contributed by atoms with van der Waals surface area (Å²) >= 11 is 0. The van der Waals surface area contributed by atoms with Gasteiger partial charge in [-0.1, -0.05) is 18.2 Å². The summed E-state index contributed by atoms with van der Waals surface area (Å²) < 4.78 is 17.9. The molecule has 34 heavy (non-hydrogen) atoms. The summed E-state index contributed by atoms with van der Waals surface area (Å²) in [6.45, 7) is 0. The second kappa shape index (κ2) is 7.58. The Labute approximate surface area is 192 Å². The summed E-state index contributed by atoms with van der Waals surface area (Å²) in [5.41, 5.74) is 3.25. The first kappa shape index (κ1) is 20.2. The van der Waals surface area contributed by atoms with Crippen molar-refractivity contribution in [3.8, 4) is 17.5 Å². The molecule has 1 aliphatic rings. The zero-order chi connectivity index (χ0) is 23.4. The van der Waals surface area contributed by atoms with Crippen LogP contribution < -0.4 is 15.0 Å². The van der Waals surface area contributed by atoms with Crippen molar-refractivity contribution in [3.05, 3.63) is 75.7 Å². The maximum atomic E-state index is 13.5. The molecule has 0 fully saturated rings. The van der Waals surface area contributed by atoms with Crippen molar-refractivity contribution < 1.29 is 18.7 Å². The Morgan fingerprint density at radius 2 is 1.94 bits per heavy atom. The summed E-state index contributed by atoms with van der Waals surface area (Å²) in [5.74, 6) is 1.09. The molecule has 1 N–H and O–H groups in total. The van der Waals surface area contributed by atoms with Crippen molar-refractivity contribution in [3.63, 3.8) is 0 Å². The van der Waals surface area contributed by atoms with Crippen LogP contribution in [0.5, 0.6) is 11.5 Å². The number of aromatic amines is 1. The number of rotatable bonds is 4. The number of oxazole rings is 1. The molecule has 0 saturated carbocycles. The number of ether oxygens (including phenoxy) is 2. The van der Waals surface area contributed by atoms with E-state index in [0.29, 0.717) is 57.6 Å². The van der Waals surface area contributed by atoms with Crippen LogP contribution in [-0.2, 0) is 6.42 Å². The molecule has 170 valence electrons. The molecule has 1 atom stereocenters. The zero-order valence-corrected chi connectivity index (χ0v) is 18.5. The largest absolute Gasteiger partial charge is 0.497 e. The first-order valence-electron chi connectivity index (χ1n) is 10.8. The number of methoxy groups -OCH3 is 2. The van der Waals surface area contributed by atoms with E-state index in [1.807, 2.05) is 30.3 Å². The van der Waals surface area contributed by atoms with Crippen LogP contribution in [0.2, 0.25) is 0 Å². The SMILES string of the molecule is COc1ccc([C@H]2CC(=O)c3cnc4[nH]n(-c5nc6ccccc6o5)c(=O)c4c3C2)c(OC)c1. The van der Waals surface area contributed by atoms with Gasteiger partial charge in [0, 0.05) is 24.2 Å². The van der Waals surface area contributed by atoms with Gasteiger partial charge in [0.05, 0.1) is 19.6 Å². The molecule has 0 aliphatic heterocycles. The van der Waals surface area contributed by atoms with Gasteiger partial charge in [0.2, 0.25) is 0 Å². The number of fused-ring (bicyclic) bond motifs is 4. The molecule has 0 radical (unpaired) electrons. The molecule has 0 amide bonds. The maximum Gasteiger partial charge on any atom is 0.325 e. The number of carbonyl (C=O) groups excluding carboxylic acids is 1. The van der Waals surface area contributed by atoms with E-state index >= 15 is 0 Å². The topological polar surface area (TPSA) is 112 Å². The number of H-pyrrole nitrogens is 1. The number of benzene rings is 2. The van der Waals surface area contributed by atoms with E-state index in [2.05, 4.69) is 15.1 Å². The van der Waals surface area contributed by atoms with Crippen molar-refractivity contribution in [2.24, 2.45) is 0 Å². The van der Waals surface area contributed by atoms with E-state index < -0.39 is 0 Å². The molecular formula is C25H20N4O5. The maximum absolute atomic E-state index is 13.5. The fourth-order valence-corrected chi connectivity index (χ4v) is 4.70. The number of hydrogen-bond donors (Lipinski definition) is 1. The number of nitrogens with zero attached hydrogens (tertiary/aromatic N) is 3. The van der Waals surface area contributed by atoms with Gasteiger partial charge in [0.15, 0.2) is 17.0 Å². The lowest BCUT2D eigenvalue weighted by Gasteiger charge is -2.25. The van der Waals surface area contributed by atoms with Gasteiger partial charge in [0.1, 0.15) is 17.0 Å². The lowest BCUT2D eigenvalue weighted by atomic mass is 9.79. The third-order valence-electron chi connectivity index (χ3n) is 6.36. The number of nitrogens with one attached hydrogen (secondary N) is 1. The monoisotopic (exact) mass is 456 g/mol. The average Bonchev–Trinajstić information content (AvgIpc) is 3.44. The highest BCUT2D eigenvalue weighted by Crippen LogP contribution is 2.39. The van der Waals surface area contributed by atoms with E-state index in [1.54, 1.807) is 26.4 Å². The molecule has 5 aromatic rings. The number of ketones is 1. The number of carbonyl (C=O) groups is 1. The highest BCUT2D eigenvalue weighted by Gasteiger charge is 2.32. The predicted octanol–water partition coefficient (Wildman–Crippen LogP) is 3.78. The van der Waals surface area contributed by atoms with E-state index in [1.165, 1.54) is 10.9 Å². The molecule has 0 unspecified atom stereocenters. The van der Waals surface area contributed by atoms with Crippen LogP contribution in [0.15, 0.2) is 57.9 Å². The Bertz CT molecular complexity index is 1610. The summed E-state index contributed by atoms with van der Waals surface area (Å²) in [6.07, 6.45) is 2.32. The summed E-state index contributed by atoms with van der Waals surface area (Å²) in [5, 5.41) is 3.35. The second-order valence-electron chi connectivity index (χ2n) is 8.23. The van der Waals surface area contributed by atoms with Crippen LogP contribution in [0.3, 0.4) is 0 Å². The van der Waals surface area contributed by atoms with Gasteiger partial charge in [0.25, 0.3) is 5.56 Å². The molecule has 0 spiro atoms. The van der Waals surface area contributed by atoms with Crippen molar-refractivity contribution in [1.29, 1.82) is 0 Å². The van der Waals surface area contributed by atoms with Crippen LogP contribution in [0, 0.1) is 0 Å². The molecule has 3 heterocycles. The molecule has 2 aromatic carbocycles. The predicted molar refractivity (Wildman–Crippen MR) is 124 cm³/mol. The van der Waals surface area contributed by atoms with Gasteiger partial charge >= 0.3 is 6.01 Å². The first-order valence-corrected chi connectivity index (χ1v) is 10.8. The van der Waals surface area contributed by atoms with Gasteiger partial charge in [-0.2, -0.15) is 9.67 Å². The van der Waals surface area contributed by atoms with Crippen LogP contribution in [0.25, 0.3) is 28.1 Å². The van der Waals surface area contributed by atoms with E-state index in [0.717, 1.165) is 5.56 Å². The number of Topliss-reactive ketones (excluding diaryl/α,β-unsaturated/α-hetero) is 1. The minimum atomic E-state index is -0.360. The Morgan fingerprint density at radius 1 is 1.09 bits per heavy atom. The summed E-state index contributed by atoms with van der Waals surface area (Å²) in [4.78, 5) is 35.3. The zero-order valence-electron chi connectivity index (χ0n) is 18.5. The van der Waals surface area contributed by atoms with Crippen molar-refractivity contribution >= 4 is 27.9 Å². The second-order valence-corrected chi connectivity index (χ2v) is 8.23. The Balaban J connectivity index is 1.49. The van der Waals surface area contributed by atoms with Gasteiger partial charge in [-0.05, 0) is 41.7 Å². The third-order valence-corrected chi connectivity index (χ3v) is 6.36. The van der Waals surface area contributed by atoms with Gasteiger partial charge < -0.3 is 13.9 Å². The highest BCUT2D eigenvalue weighted by molar-refractivity contribution is 6.02. The Hall–Kier alpha value is -4.40. The first-order chi connectivity index (χ1) is 16.6. The van der Waals surface area contributed by atoms with E-state index in [4.69, 9.17) is 13.9 Å². The number of aromatic nitrogens is 4. The summed E-state index contributed by atoms with van der Waals surface area (Å²) in [6, 6.07) is 12.9. The van der Waals surface area contributed by atoms with E-state index in [9.17, 15) is 9.59 Å². The van der Waals surface area contributed by atoms with Gasteiger partial charge in [-0.25, -0.2) is 4.98 Å². The molecular weight excluding hydrogens is 436 g/mol. The number of pyridine rings is 1. The molecule has 9 heteroatoms. The van der Waals surface area contributed by atoms with Crippen molar-refractivity contribution in [2.45, 2.75) is 18.8 Å². The summed E-state index contributed by atoms with van der Waals surface area (Å²) in [7, 11) is 3.18. The lowest BCUT2D eigenvalue weighted by molar-refractivity contribution is 0.0964. The minimum absolute atomic E-state index is 0.0625. The molecule has 6 rings (SSSR count). The minimum Gasteiger partial charge on any atom is -0.497 e. The highest BCUT2D eigenvalue weighted by atomic mass is 16.5. The van der Waals surface area contributed by atoms with Crippen molar-refractivity contribution in [2.75, 3.05) is 14.2 Å². The van der Waals surface area contributed by atoms with Crippen LogP contribution in [-0.4, -0.2) is 39.8 Å². The van der Waals surface area contributed by atoms with E-state index in [-0.39, 0.29) is 23.3 Å². The fourth-order valence-electron chi connectivity index (χ4n) is 4.70. The molecule has 0 bridgehead atoms. The van der Waals surface area contributed by atoms with Gasteiger partial charge in [-0.15, -0.1) is 0 Å². The number of hydrogen-bond acceptors (Lipinski definition) is 7. The number of para-hydroxylation sites is 2. The lowest BCUT2D eigenvalue weighted by Crippen LogP contribution is -2.22. The van der Waals surface area contributed by atoms with Crippen LogP contribution >= 0.6 is 0 Å². The molecule has 9 nitrogen and oxygen atoms in total. The average molecular weight is 456 g/mol. The fraction of sp³-hybridized carbons (Fsp3) is 0.200. The van der Waals surface area contributed by atoms with Crippen molar-refractivity contribution in [1.82, 2.24) is 19.7 Å². The van der Waals surface area contributed by atoms with Gasteiger partial charge in [-0.3, -0.25) is 14.7 Å². The smallest absolute Gasteiger partial charge is 0.325 e. The molecule has 3 aromatic heterocycles. The molecule has 0 saturated heterocycles. The molecule has 1 aliphatic carbocycles. The quantitative estimate of drug-likeness (QED) is 0.438.